The summed E-state index contributed by atoms with van der Waals surface area (Å²) in [5, 5.41) is 3.38. The van der Waals surface area contributed by atoms with Gasteiger partial charge in [-0.3, -0.25) is 0 Å². The zero-order valence-corrected chi connectivity index (χ0v) is 18.0. The predicted octanol–water partition coefficient (Wildman–Crippen LogP) is 3.50. The number of piperidine rings is 1. The van der Waals surface area contributed by atoms with Crippen LogP contribution in [0.1, 0.15) is 23.5 Å². The van der Waals surface area contributed by atoms with Gasteiger partial charge in [-0.2, -0.15) is 0 Å². The lowest BCUT2D eigenvalue weighted by Gasteiger charge is -2.38. The van der Waals surface area contributed by atoms with E-state index < -0.39 is 16.4 Å². The molecule has 170 valence electrons. The lowest BCUT2D eigenvalue weighted by Crippen LogP contribution is -2.49. The number of rotatable bonds is 7. The van der Waals surface area contributed by atoms with Gasteiger partial charge in [0.25, 0.3) is 0 Å². The Morgan fingerprint density at radius 1 is 1.16 bits per heavy atom. The highest BCUT2D eigenvalue weighted by molar-refractivity contribution is 7.88. The molecule has 3 rings (SSSR count). The van der Waals surface area contributed by atoms with Crippen molar-refractivity contribution in [1.29, 1.82) is 0 Å². The first-order valence-electron chi connectivity index (χ1n) is 9.73. The molecule has 0 spiro atoms. The molecule has 2 atom stereocenters. The van der Waals surface area contributed by atoms with Gasteiger partial charge >= 0.3 is 6.36 Å². The molecule has 0 aromatic heterocycles. The van der Waals surface area contributed by atoms with E-state index in [-0.39, 0.29) is 24.3 Å². The maximum atomic E-state index is 12.6. The predicted molar refractivity (Wildman–Crippen MR) is 111 cm³/mol. The summed E-state index contributed by atoms with van der Waals surface area (Å²) < 4.78 is 72.6. The largest absolute Gasteiger partial charge is 0.573 e. The van der Waals surface area contributed by atoms with Crippen molar-refractivity contribution in [2.45, 2.75) is 31.3 Å². The van der Waals surface area contributed by atoms with Crippen molar-refractivity contribution in [3.8, 4) is 11.5 Å². The number of hydrogen-bond acceptors (Lipinski definition) is 5. The van der Waals surface area contributed by atoms with Crippen molar-refractivity contribution < 1.29 is 31.1 Å². The first-order chi connectivity index (χ1) is 14.6. The van der Waals surface area contributed by atoms with Crippen molar-refractivity contribution in [3.05, 3.63) is 59.7 Å². The zero-order chi connectivity index (χ0) is 22.6. The van der Waals surface area contributed by atoms with Crippen LogP contribution >= 0.6 is 0 Å². The molecule has 2 aromatic rings. The second kappa shape index (κ2) is 9.46. The van der Waals surface area contributed by atoms with E-state index in [1.807, 2.05) is 30.3 Å². The zero-order valence-electron chi connectivity index (χ0n) is 17.2. The Kier molecular flexibility index (Phi) is 7.13. The van der Waals surface area contributed by atoms with Gasteiger partial charge in [0, 0.05) is 37.2 Å². The molecule has 6 nitrogen and oxygen atoms in total. The Morgan fingerprint density at radius 2 is 1.87 bits per heavy atom. The van der Waals surface area contributed by atoms with Crippen LogP contribution in [0.3, 0.4) is 0 Å². The van der Waals surface area contributed by atoms with Crippen LogP contribution in [0, 0.1) is 0 Å². The number of methoxy groups -OCH3 is 1. The third kappa shape index (κ3) is 6.34. The summed E-state index contributed by atoms with van der Waals surface area (Å²) in [6.07, 6.45) is -3.02. The van der Waals surface area contributed by atoms with Crippen molar-refractivity contribution in [2.24, 2.45) is 0 Å². The van der Waals surface area contributed by atoms with E-state index in [4.69, 9.17) is 4.74 Å². The summed E-state index contributed by atoms with van der Waals surface area (Å²) in [5.74, 6) is 0.00809. The van der Waals surface area contributed by atoms with Crippen molar-refractivity contribution in [3.63, 3.8) is 0 Å². The second-order valence-electron chi connectivity index (χ2n) is 7.44. The molecule has 1 fully saturated rings. The number of nitrogens with zero attached hydrogens (tertiary/aromatic N) is 1. The van der Waals surface area contributed by atoms with Gasteiger partial charge in [0.15, 0.2) is 0 Å². The standard InChI is InChI=1S/C21H25F3N2O4S/c1-29-20-9-8-17(30-21(22,23)24)12-16(20)13-25-19-10-11-26(31(2,27)28)14-18(19)15-6-4-3-5-7-15/h3-9,12,18-19,25H,10-11,13-14H2,1-2H3/t18-,19-/m0/s1. The van der Waals surface area contributed by atoms with Gasteiger partial charge in [-0.05, 0) is 30.2 Å². The molecular weight excluding hydrogens is 433 g/mol. The summed E-state index contributed by atoms with van der Waals surface area (Å²) in [7, 11) is -1.88. The highest BCUT2D eigenvalue weighted by Gasteiger charge is 2.34. The Morgan fingerprint density at radius 3 is 2.48 bits per heavy atom. The lowest BCUT2D eigenvalue weighted by atomic mass is 9.86. The Hall–Kier alpha value is -2.30. The van der Waals surface area contributed by atoms with Crippen LogP contribution in [-0.4, -0.2) is 51.6 Å². The maximum Gasteiger partial charge on any atom is 0.573 e. The van der Waals surface area contributed by atoms with Gasteiger partial charge < -0.3 is 14.8 Å². The first kappa shape index (κ1) is 23.4. The molecule has 2 aromatic carbocycles. The summed E-state index contributed by atoms with van der Waals surface area (Å²) in [5.41, 5.74) is 1.51. The smallest absolute Gasteiger partial charge is 0.496 e. The first-order valence-corrected chi connectivity index (χ1v) is 11.6. The highest BCUT2D eigenvalue weighted by Crippen LogP contribution is 2.31. The minimum atomic E-state index is -4.78. The average molecular weight is 459 g/mol. The molecule has 10 heteroatoms. The molecule has 0 unspecified atom stereocenters. The summed E-state index contributed by atoms with van der Waals surface area (Å²) in [4.78, 5) is 0. The number of benzene rings is 2. The number of ether oxygens (including phenoxy) is 2. The van der Waals surface area contributed by atoms with Crippen molar-refractivity contribution in [2.75, 3.05) is 26.5 Å². The van der Waals surface area contributed by atoms with E-state index in [0.717, 1.165) is 5.56 Å². The van der Waals surface area contributed by atoms with Crippen molar-refractivity contribution >= 4 is 10.0 Å². The van der Waals surface area contributed by atoms with Crippen LogP contribution in [0.4, 0.5) is 13.2 Å². The highest BCUT2D eigenvalue weighted by atomic mass is 32.2. The molecule has 0 saturated carbocycles. The van der Waals surface area contributed by atoms with Crippen LogP contribution in [0.15, 0.2) is 48.5 Å². The maximum absolute atomic E-state index is 12.6. The lowest BCUT2D eigenvalue weighted by molar-refractivity contribution is -0.274. The van der Waals surface area contributed by atoms with Crippen molar-refractivity contribution in [1.82, 2.24) is 9.62 Å². The van der Waals surface area contributed by atoms with Gasteiger partial charge in [0.1, 0.15) is 11.5 Å². The van der Waals surface area contributed by atoms with E-state index in [0.29, 0.717) is 30.8 Å². The third-order valence-corrected chi connectivity index (χ3v) is 6.58. The molecule has 0 bridgehead atoms. The van der Waals surface area contributed by atoms with Crippen LogP contribution in [0.5, 0.6) is 11.5 Å². The minimum absolute atomic E-state index is 0.0719. The summed E-state index contributed by atoms with van der Waals surface area (Å²) in [6, 6.07) is 13.4. The fraction of sp³-hybridized carbons (Fsp3) is 0.429. The van der Waals surface area contributed by atoms with E-state index >= 15 is 0 Å². The Balaban J connectivity index is 1.80. The molecule has 1 heterocycles. The molecule has 1 N–H and O–H groups in total. The number of alkyl halides is 3. The number of hydrogen-bond donors (Lipinski definition) is 1. The third-order valence-electron chi connectivity index (χ3n) is 5.31. The van der Waals surface area contributed by atoms with Gasteiger partial charge in [-0.15, -0.1) is 13.2 Å². The monoisotopic (exact) mass is 458 g/mol. The Labute approximate surface area is 180 Å². The molecule has 0 aliphatic carbocycles. The molecular formula is C21H25F3N2O4S. The SMILES string of the molecule is COc1ccc(OC(F)(F)F)cc1CN[C@H]1CCN(S(C)(=O)=O)C[C@H]1c1ccccc1. The Bertz CT molecular complexity index is 984. The van der Waals surface area contributed by atoms with Crippen LogP contribution in [0.25, 0.3) is 0 Å². The van der Waals surface area contributed by atoms with Crippen LogP contribution in [0.2, 0.25) is 0 Å². The molecule has 1 saturated heterocycles. The van der Waals surface area contributed by atoms with Crippen LogP contribution < -0.4 is 14.8 Å². The molecule has 0 amide bonds. The average Bonchev–Trinajstić information content (AvgIpc) is 2.71. The molecule has 1 aliphatic rings. The van der Waals surface area contributed by atoms with Gasteiger partial charge in [0.2, 0.25) is 10.0 Å². The molecule has 1 aliphatic heterocycles. The van der Waals surface area contributed by atoms with Crippen LogP contribution in [-0.2, 0) is 16.6 Å². The minimum Gasteiger partial charge on any atom is -0.496 e. The van der Waals surface area contributed by atoms with E-state index in [1.165, 1.54) is 35.9 Å². The van der Waals surface area contributed by atoms with Gasteiger partial charge in [0.05, 0.1) is 13.4 Å². The fourth-order valence-corrected chi connectivity index (χ4v) is 4.71. The second-order valence-corrected chi connectivity index (χ2v) is 9.42. The van der Waals surface area contributed by atoms with E-state index in [9.17, 15) is 21.6 Å². The summed E-state index contributed by atoms with van der Waals surface area (Å²) in [6.45, 7) is 0.939. The number of halogens is 3. The summed E-state index contributed by atoms with van der Waals surface area (Å²) >= 11 is 0. The molecule has 0 radical (unpaired) electrons. The number of nitrogens with one attached hydrogen (secondary N) is 1. The topological polar surface area (TPSA) is 67.9 Å². The normalized spacial score (nSPS) is 20.4. The van der Waals surface area contributed by atoms with E-state index in [1.54, 1.807) is 0 Å². The van der Waals surface area contributed by atoms with E-state index in [2.05, 4.69) is 10.1 Å². The van der Waals surface area contributed by atoms with Gasteiger partial charge in [-0.1, -0.05) is 30.3 Å². The number of sulfonamides is 1. The quantitative estimate of drug-likeness (QED) is 0.688. The van der Waals surface area contributed by atoms with Gasteiger partial charge in [-0.25, -0.2) is 12.7 Å². The fourth-order valence-electron chi connectivity index (χ4n) is 3.84. The molecule has 31 heavy (non-hydrogen) atoms.